The van der Waals surface area contributed by atoms with Crippen LogP contribution in [0, 0.1) is 0 Å². The molecule has 0 aromatic heterocycles. The molecule has 152 valence electrons. The van der Waals surface area contributed by atoms with Crippen molar-refractivity contribution < 1.29 is 23.9 Å². The van der Waals surface area contributed by atoms with Crippen LogP contribution in [0.3, 0.4) is 0 Å². The van der Waals surface area contributed by atoms with Gasteiger partial charge in [0.2, 0.25) is 0 Å². The maximum absolute atomic E-state index is 12.5. The molecule has 0 atom stereocenters. The van der Waals surface area contributed by atoms with Crippen LogP contribution in [0.2, 0.25) is 0 Å². The molecule has 0 unspecified atom stereocenters. The number of carbonyl (C=O) groups is 3. The normalized spacial score (nSPS) is 12.9. The maximum atomic E-state index is 12.5. The molecule has 0 spiro atoms. The van der Waals surface area contributed by atoms with E-state index in [0.29, 0.717) is 48.7 Å². The van der Waals surface area contributed by atoms with Crippen LogP contribution in [0.25, 0.3) is 0 Å². The van der Waals surface area contributed by atoms with Crippen molar-refractivity contribution in [3.8, 4) is 5.75 Å². The zero-order valence-corrected chi connectivity index (χ0v) is 16.6. The molecule has 0 radical (unpaired) electrons. The molecule has 2 aromatic carbocycles. The van der Waals surface area contributed by atoms with Gasteiger partial charge in [0.05, 0.1) is 12.2 Å². The van der Waals surface area contributed by atoms with Crippen LogP contribution in [0.5, 0.6) is 5.75 Å². The van der Waals surface area contributed by atoms with Crippen LogP contribution in [0.1, 0.15) is 40.1 Å². The SMILES string of the molecule is CCOC(=O)c1ccc(NC(=O)COc2cccc3c2CCN(CC)C3=O)cc1. The zero-order valence-electron chi connectivity index (χ0n) is 16.6. The lowest BCUT2D eigenvalue weighted by atomic mass is 9.98. The standard InChI is InChI=1S/C22H24N2O5/c1-3-24-13-12-17-18(21(24)26)6-5-7-19(17)29-14-20(25)23-16-10-8-15(9-11-16)22(27)28-4-2/h5-11H,3-4,12-14H2,1-2H3,(H,23,25). The first-order valence-electron chi connectivity index (χ1n) is 9.64. The van der Waals surface area contributed by atoms with E-state index in [0.717, 1.165) is 5.56 Å². The average Bonchev–Trinajstić information content (AvgIpc) is 2.73. The Kier molecular flexibility index (Phi) is 6.49. The summed E-state index contributed by atoms with van der Waals surface area (Å²) in [6, 6.07) is 11.8. The van der Waals surface area contributed by atoms with Gasteiger partial charge in [-0.05, 0) is 56.7 Å². The average molecular weight is 396 g/mol. The Labute approximate surface area is 169 Å². The van der Waals surface area contributed by atoms with Crippen molar-refractivity contribution in [3.05, 3.63) is 59.2 Å². The first kappa shape index (κ1) is 20.4. The third-order valence-corrected chi connectivity index (χ3v) is 4.70. The van der Waals surface area contributed by atoms with Gasteiger partial charge in [-0.1, -0.05) is 6.07 Å². The Balaban J connectivity index is 1.60. The Hall–Kier alpha value is -3.35. The Bertz CT molecular complexity index is 908. The molecule has 1 aliphatic heterocycles. The van der Waals surface area contributed by atoms with Gasteiger partial charge in [0, 0.05) is 29.9 Å². The van der Waals surface area contributed by atoms with E-state index in [1.807, 2.05) is 6.92 Å². The van der Waals surface area contributed by atoms with Gasteiger partial charge in [-0.15, -0.1) is 0 Å². The highest BCUT2D eigenvalue weighted by Gasteiger charge is 2.25. The number of rotatable bonds is 7. The van der Waals surface area contributed by atoms with Crippen LogP contribution in [0.4, 0.5) is 5.69 Å². The second-order valence-electron chi connectivity index (χ2n) is 6.55. The molecule has 2 amide bonds. The van der Waals surface area contributed by atoms with E-state index in [2.05, 4.69) is 5.32 Å². The number of nitrogens with one attached hydrogen (secondary N) is 1. The highest BCUT2D eigenvalue weighted by atomic mass is 16.5. The number of esters is 1. The molecule has 3 rings (SSSR count). The van der Waals surface area contributed by atoms with Crippen LogP contribution < -0.4 is 10.1 Å². The van der Waals surface area contributed by atoms with Gasteiger partial charge < -0.3 is 19.7 Å². The number of benzene rings is 2. The highest BCUT2D eigenvalue weighted by Crippen LogP contribution is 2.28. The van der Waals surface area contributed by atoms with Crippen molar-refractivity contribution in [2.45, 2.75) is 20.3 Å². The summed E-state index contributed by atoms with van der Waals surface area (Å²) in [5.41, 5.74) is 2.44. The number of amides is 2. The fourth-order valence-electron chi connectivity index (χ4n) is 3.22. The number of carbonyl (C=O) groups excluding carboxylic acids is 3. The number of likely N-dealkylation sites (N-methyl/N-ethyl adjacent to an activating group) is 1. The molecule has 1 heterocycles. The Morgan fingerprint density at radius 3 is 2.55 bits per heavy atom. The molecule has 29 heavy (non-hydrogen) atoms. The van der Waals surface area contributed by atoms with Crippen molar-refractivity contribution in [3.63, 3.8) is 0 Å². The fourth-order valence-corrected chi connectivity index (χ4v) is 3.22. The van der Waals surface area contributed by atoms with Crippen LogP contribution in [-0.4, -0.2) is 49.0 Å². The molecule has 0 saturated carbocycles. The topological polar surface area (TPSA) is 84.9 Å². The second kappa shape index (κ2) is 9.23. The quantitative estimate of drug-likeness (QED) is 0.728. The van der Waals surface area contributed by atoms with Crippen LogP contribution in [-0.2, 0) is 16.0 Å². The Morgan fingerprint density at radius 2 is 1.86 bits per heavy atom. The van der Waals surface area contributed by atoms with Gasteiger partial charge in [-0.2, -0.15) is 0 Å². The summed E-state index contributed by atoms with van der Waals surface area (Å²) in [6.07, 6.45) is 0.696. The van der Waals surface area contributed by atoms with Gasteiger partial charge in [0.15, 0.2) is 6.61 Å². The number of anilines is 1. The van der Waals surface area contributed by atoms with Gasteiger partial charge in [-0.25, -0.2) is 4.79 Å². The van der Waals surface area contributed by atoms with Gasteiger partial charge in [0.1, 0.15) is 5.75 Å². The summed E-state index contributed by atoms with van der Waals surface area (Å²) in [6.45, 7) is 5.13. The summed E-state index contributed by atoms with van der Waals surface area (Å²) in [5.74, 6) is -0.188. The van der Waals surface area contributed by atoms with E-state index in [9.17, 15) is 14.4 Å². The van der Waals surface area contributed by atoms with Gasteiger partial charge in [0.25, 0.3) is 11.8 Å². The molecular weight excluding hydrogens is 372 g/mol. The fraction of sp³-hybridized carbons (Fsp3) is 0.318. The molecule has 0 bridgehead atoms. The summed E-state index contributed by atoms with van der Waals surface area (Å²) < 4.78 is 10.6. The van der Waals surface area contributed by atoms with Crippen LogP contribution in [0.15, 0.2) is 42.5 Å². The molecular formula is C22H24N2O5. The molecule has 1 N–H and O–H groups in total. The third-order valence-electron chi connectivity index (χ3n) is 4.70. The van der Waals surface area contributed by atoms with Crippen LogP contribution >= 0.6 is 0 Å². The number of ether oxygens (including phenoxy) is 2. The maximum Gasteiger partial charge on any atom is 0.338 e. The summed E-state index contributed by atoms with van der Waals surface area (Å²) >= 11 is 0. The lowest BCUT2D eigenvalue weighted by Crippen LogP contribution is -2.37. The lowest BCUT2D eigenvalue weighted by molar-refractivity contribution is -0.118. The monoisotopic (exact) mass is 396 g/mol. The van der Waals surface area contributed by atoms with E-state index in [-0.39, 0.29) is 18.4 Å². The van der Waals surface area contributed by atoms with E-state index in [1.54, 1.807) is 54.3 Å². The third kappa shape index (κ3) is 4.74. The van der Waals surface area contributed by atoms with E-state index >= 15 is 0 Å². The number of fused-ring (bicyclic) bond motifs is 1. The second-order valence-corrected chi connectivity index (χ2v) is 6.55. The number of hydrogen-bond donors (Lipinski definition) is 1. The largest absolute Gasteiger partial charge is 0.483 e. The molecule has 1 aliphatic rings. The van der Waals surface area contributed by atoms with E-state index in [1.165, 1.54) is 0 Å². The minimum Gasteiger partial charge on any atom is -0.483 e. The minimum absolute atomic E-state index is 0.00894. The lowest BCUT2D eigenvalue weighted by Gasteiger charge is -2.28. The number of nitrogens with zero attached hydrogens (tertiary/aromatic N) is 1. The first-order valence-corrected chi connectivity index (χ1v) is 9.64. The summed E-state index contributed by atoms with van der Waals surface area (Å²) in [4.78, 5) is 38.1. The summed E-state index contributed by atoms with van der Waals surface area (Å²) in [5, 5.41) is 2.72. The zero-order chi connectivity index (χ0) is 20.8. The summed E-state index contributed by atoms with van der Waals surface area (Å²) in [7, 11) is 0. The molecule has 2 aromatic rings. The molecule has 7 heteroatoms. The highest BCUT2D eigenvalue weighted by molar-refractivity contribution is 5.97. The van der Waals surface area contributed by atoms with Crippen molar-refractivity contribution in [1.82, 2.24) is 4.90 Å². The molecule has 0 aliphatic carbocycles. The minimum atomic E-state index is -0.404. The first-order chi connectivity index (χ1) is 14.0. The van der Waals surface area contributed by atoms with Crippen molar-refractivity contribution in [1.29, 1.82) is 0 Å². The predicted molar refractivity (Wildman–Crippen MR) is 108 cm³/mol. The van der Waals surface area contributed by atoms with Crippen molar-refractivity contribution >= 4 is 23.5 Å². The number of hydrogen-bond acceptors (Lipinski definition) is 5. The van der Waals surface area contributed by atoms with Gasteiger partial charge >= 0.3 is 5.97 Å². The van der Waals surface area contributed by atoms with Gasteiger partial charge in [-0.3, -0.25) is 9.59 Å². The molecule has 0 saturated heterocycles. The van der Waals surface area contributed by atoms with E-state index in [4.69, 9.17) is 9.47 Å². The van der Waals surface area contributed by atoms with Crippen molar-refractivity contribution in [2.75, 3.05) is 31.6 Å². The smallest absolute Gasteiger partial charge is 0.338 e. The van der Waals surface area contributed by atoms with E-state index < -0.39 is 5.97 Å². The predicted octanol–water partition coefficient (Wildman–Crippen LogP) is 2.90. The van der Waals surface area contributed by atoms with Crippen molar-refractivity contribution in [2.24, 2.45) is 0 Å². The molecule has 7 nitrogen and oxygen atoms in total. The molecule has 0 fully saturated rings. The Morgan fingerprint density at radius 1 is 1.10 bits per heavy atom.